The van der Waals surface area contributed by atoms with Crippen molar-refractivity contribution in [3.8, 4) is 0 Å². The summed E-state index contributed by atoms with van der Waals surface area (Å²) in [4.78, 5) is 25.2. The van der Waals surface area contributed by atoms with Gasteiger partial charge >= 0.3 is 5.97 Å². The first kappa shape index (κ1) is 22.8. The summed E-state index contributed by atoms with van der Waals surface area (Å²) < 4.78 is 11.1. The molecule has 7 heteroatoms. The van der Waals surface area contributed by atoms with Crippen LogP contribution in [-0.2, 0) is 14.3 Å². The minimum Gasteiger partial charge on any atom is -0.452 e. The van der Waals surface area contributed by atoms with E-state index in [0.29, 0.717) is 16.9 Å². The number of ether oxygens (including phenoxy) is 1. The van der Waals surface area contributed by atoms with Crippen molar-refractivity contribution in [3.63, 3.8) is 0 Å². The van der Waals surface area contributed by atoms with Gasteiger partial charge in [-0.15, -0.1) is 0 Å². The highest BCUT2D eigenvalue weighted by Gasteiger charge is 2.33. The van der Waals surface area contributed by atoms with Crippen LogP contribution in [0.25, 0.3) is 16.8 Å². The molecule has 0 saturated carbocycles. The molecule has 0 bridgehead atoms. The maximum absolute atomic E-state index is 13.1. The molecular formula is C28H21BrN2O4. The third-order valence-corrected chi connectivity index (χ3v) is 6.17. The van der Waals surface area contributed by atoms with Crippen LogP contribution in [0.1, 0.15) is 29.3 Å². The molecule has 4 aromatic rings. The maximum Gasteiger partial charge on any atom is 0.331 e. The smallest absolute Gasteiger partial charge is 0.331 e. The summed E-state index contributed by atoms with van der Waals surface area (Å²) in [6.45, 7) is -0.414. The summed E-state index contributed by atoms with van der Waals surface area (Å²) in [7, 11) is 0. The van der Waals surface area contributed by atoms with Gasteiger partial charge in [-0.1, -0.05) is 66.7 Å². The fraction of sp³-hybridized carbons (Fsp3) is 0.107. The molecule has 6 nitrogen and oxygen atoms in total. The van der Waals surface area contributed by atoms with E-state index in [-0.39, 0.29) is 6.04 Å². The zero-order chi connectivity index (χ0) is 24.2. The van der Waals surface area contributed by atoms with Crippen molar-refractivity contribution < 1.29 is 18.7 Å². The molecular weight excluding hydrogens is 508 g/mol. The van der Waals surface area contributed by atoms with Crippen LogP contribution in [0.2, 0.25) is 0 Å². The van der Waals surface area contributed by atoms with Gasteiger partial charge in [0, 0.05) is 12.5 Å². The Kier molecular flexibility index (Phi) is 6.59. The summed E-state index contributed by atoms with van der Waals surface area (Å²) >= 11 is 3.21. The number of carbonyl (C=O) groups excluding carboxylic acids is 2. The van der Waals surface area contributed by atoms with Crippen molar-refractivity contribution >= 4 is 50.4 Å². The highest BCUT2D eigenvalue weighted by molar-refractivity contribution is 9.10. The lowest BCUT2D eigenvalue weighted by molar-refractivity contribution is -0.149. The molecule has 0 N–H and O–H groups in total. The number of furan rings is 1. The summed E-state index contributed by atoms with van der Waals surface area (Å²) in [5.74, 6) is -0.536. The number of amides is 1. The number of hydrogen-bond acceptors (Lipinski definition) is 5. The monoisotopic (exact) mass is 528 g/mol. The number of rotatable bonds is 6. The number of esters is 1. The molecule has 35 heavy (non-hydrogen) atoms. The third-order valence-electron chi connectivity index (χ3n) is 5.75. The van der Waals surface area contributed by atoms with Crippen molar-refractivity contribution in [1.82, 2.24) is 5.01 Å². The van der Waals surface area contributed by atoms with E-state index in [9.17, 15) is 9.59 Å². The number of benzene rings is 3. The van der Waals surface area contributed by atoms with Gasteiger partial charge in [-0.05, 0) is 62.1 Å². The topological polar surface area (TPSA) is 72.1 Å². The quantitative estimate of drug-likeness (QED) is 0.223. The molecule has 174 valence electrons. The number of fused-ring (bicyclic) bond motifs is 1. The molecule has 1 unspecified atom stereocenters. The second kappa shape index (κ2) is 10.1. The molecule has 1 amide bonds. The van der Waals surface area contributed by atoms with Crippen LogP contribution in [0.15, 0.2) is 105 Å². The minimum atomic E-state index is -0.639. The Morgan fingerprint density at radius 1 is 1.00 bits per heavy atom. The fourth-order valence-corrected chi connectivity index (χ4v) is 4.35. The van der Waals surface area contributed by atoms with E-state index in [1.54, 1.807) is 12.1 Å². The molecule has 1 aromatic heterocycles. The molecule has 0 spiro atoms. The van der Waals surface area contributed by atoms with Crippen molar-refractivity contribution in [2.45, 2.75) is 12.5 Å². The van der Waals surface area contributed by atoms with Gasteiger partial charge in [-0.25, -0.2) is 9.80 Å². The Balaban J connectivity index is 1.34. The highest BCUT2D eigenvalue weighted by Crippen LogP contribution is 2.33. The molecule has 0 saturated heterocycles. The van der Waals surface area contributed by atoms with Crippen LogP contribution in [-0.4, -0.2) is 29.2 Å². The molecule has 2 heterocycles. The number of hydrogen-bond donors (Lipinski definition) is 0. The SMILES string of the molecule is O=C(C=Cc1ccc(Br)o1)OCC(=O)N1N=C(c2ccc3ccccc3c2)CC1c1ccccc1. The Bertz CT molecular complexity index is 1440. The van der Waals surface area contributed by atoms with Crippen LogP contribution in [0.5, 0.6) is 0 Å². The second-order valence-corrected chi connectivity index (χ2v) is 8.84. The molecule has 1 aliphatic heterocycles. The van der Waals surface area contributed by atoms with E-state index >= 15 is 0 Å². The van der Waals surface area contributed by atoms with Gasteiger partial charge in [-0.3, -0.25) is 4.79 Å². The third kappa shape index (κ3) is 5.25. The Labute approximate surface area is 210 Å². The minimum absolute atomic E-state index is 0.278. The van der Waals surface area contributed by atoms with E-state index in [4.69, 9.17) is 9.15 Å². The van der Waals surface area contributed by atoms with Crippen molar-refractivity contribution in [2.24, 2.45) is 5.10 Å². The van der Waals surface area contributed by atoms with E-state index in [0.717, 1.165) is 27.6 Å². The van der Waals surface area contributed by atoms with E-state index in [2.05, 4.69) is 45.3 Å². The average molecular weight is 529 g/mol. The predicted octanol–water partition coefficient (Wildman–Crippen LogP) is 6.13. The van der Waals surface area contributed by atoms with E-state index in [1.807, 2.05) is 48.5 Å². The zero-order valence-electron chi connectivity index (χ0n) is 18.6. The fourth-order valence-electron chi connectivity index (χ4n) is 4.03. The van der Waals surface area contributed by atoms with Gasteiger partial charge in [0.15, 0.2) is 11.3 Å². The predicted molar refractivity (Wildman–Crippen MR) is 138 cm³/mol. The van der Waals surface area contributed by atoms with Crippen LogP contribution in [0, 0.1) is 0 Å². The molecule has 1 atom stereocenters. The van der Waals surface area contributed by atoms with Gasteiger partial charge in [0.1, 0.15) is 5.76 Å². The number of halogens is 1. The van der Waals surface area contributed by atoms with Crippen molar-refractivity contribution in [2.75, 3.05) is 6.61 Å². The van der Waals surface area contributed by atoms with E-state index < -0.39 is 18.5 Å². The van der Waals surface area contributed by atoms with Gasteiger partial charge in [-0.2, -0.15) is 5.10 Å². The first-order valence-electron chi connectivity index (χ1n) is 11.1. The highest BCUT2D eigenvalue weighted by atomic mass is 79.9. The molecule has 5 rings (SSSR count). The molecule has 0 aliphatic carbocycles. The molecule has 0 fully saturated rings. The molecule has 3 aromatic carbocycles. The Hall–Kier alpha value is -3.97. The van der Waals surface area contributed by atoms with Gasteiger partial charge in [0.05, 0.1) is 11.8 Å². The zero-order valence-corrected chi connectivity index (χ0v) is 20.2. The largest absolute Gasteiger partial charge is 0.452 e. The number of carbonyl (C=O) groups is 2. The Morgan fingerprint density at radius 2 is 1.77 bits per heavy atom. The van der Waals surface area contributed by atoms with Crippen LogP contribution < -0.4 is 0 Å². The summed E-state index contributed by atoms with van der Waals surface area (Å²) in [5, 5.41) is 8.35. The maximum atomic E-state index is 13.1. The van der Waals surface area contributed by atoms with Crippen LogP contribution in [0.4, 0.5) is 0 Å². The summed E-state index contributed by atoms with van der Waals surface area (Å²) in [6.07, 6.45) is 3.27. The van der Waals surface area contributed by atoms with Crippen molar-refractivity contribution in [3.05, 3.63) is 113 Å². The van der Waals surface area contributed by atoms with Crippen LogP contribution in [0.3, 0.4) is 0 Å². The van der Waals surface area contributed by atoms with Gasteiger partial charge < -0.3 is 9.15 Å². The first-order chi connectivity index (χ1) is 17.1. The lowest BCUT2D eigenvalue weighted by Gasteiger charge is -2.21. The second-order valence-electron chi connectivity index (χ2n) is 8.06. The Morgan fingerprint density at radius 3 is 2.54 bits per heavy atom. The van der Waals surface area contributed by atoms with Crippen LogP contribution >= 0.6 is 15.9 Å². The normalized spacial score (nSPS) is 15.5. The average Bonchev–Trinajstić information content (AvgIpc) is 3.53. The number of hydrazone groups is 1. The first-order valence-corrected chi connectivity index (χ1v) is 11.9. The van der Waals surface area contributed by atoms with E-state index in [1.165, 1.54) is 17.2 Å². The van der Waals surface area contributed by atoms with Gasteiger partial charge in [0.2, 0.25) is 0 Å². The summed E-state index contributed by atoms with van der Waals surface area (Å²) in [5.41, 5.74) is 2.74. The molecule has 0 radical (unpaired) electrons. The lowest BCUT2D eigenvalue weighted by Crippen LogP contribution is -2.31. The van der Waals surface area contributed by atoms with Gasteiger partial charge in [0.25, 0.3) is 5.91 Å². The molecule has 1 aliphatic rings. The van der Waals surface area contributed by atoms with Crippen molar-refractivity contribution in [1.29, 1.82) is 0 Å². The summed E-state index contributed by atoms with van der Waals surface area (Å²) in [6, 6.07) is 27.2. The number of nitrogens with zero attached hydrogens (tertiary/aromatic N) is 2. The lowest BCUT2D eigenvalue weighted by atomic mass is 9.97. The standard InChI is InChI=1S/C28H21BrN2O4/c29-26-14-12-23(35-26)13-15-28(33)34-18-27(32)31-25(20-7-2-1-3-8-20)17-24(30-31)22-11-10-19-6-4-5-9-21(19)16-22/h1-16,25H,17-18H2.